The molecule has 0 unspecified atom stereocenters. The van der Waals surface area contributed by atoms with Crippen molar-refractivity contribution in [1.29, 1.82) is 0 Å². The summed E-state index contributed by atoms with van der Waals surface area (Å²) in [5.41, 5.74) is 1.17. The largest absolute Gasteiger partial charge is 0.488 e. The minimum Gasteiger partial charge on any atom is -0.488 e. The summed E-state index contributed by atoms with van der Waals surface area (Å²) in [6.07, 6.45) is 0. The molecule has 3 aromatic rings. The molecule has 112 valence electrons. The second-order valence-corrected chi connectivity index (χ2v) is 5.99. The maximum atomic E-state index is 10.3. The van der Waals surface area contributed by atoms with Gasteiger partial charge in [-0.15, -0.1) is 0 Å². The maximum absolute atomic E-state index is 10.3. The van der Waals surface area contributed by atoms with Gasteiger partial charge in [0.05, 0.1) is 5.60 Å². The Morgan fingerprint density at radius 3 is 2.14 bits per heavy atom. The Hall–Kier alpha value is -2.32. The van der Waals surface area contributed by atoms with Crippen LogP contribution in [0.4, 0.5) is 0 Å². The smallest absolute Gasteiger partial charge is 0.127 e. The van der Waals surface area contributed by atoms with Crippen LogP contribution in [0.3, 0.4) is 0 Å². The van der Waals surface area contributed by atoms with E-state index in [1.807, 2.05) is 66.7 Å². The molecule has 3 rings (SSSR count). The first kappa shape index (κ1) is 14.6. The molecule has 0 fully saturated rings. The van der Waals surface area contributed by atoms with Gasteiger partial charge in [0, 0.05) is 5.39 Å². The highest BCUT2D eigenvalue weighted by molar-refractivity contribution is 5.91. The van der Waals surface area contributed by atoms with Gasteiger partial charge in [0.1, 0.15) is 12.4 Å². The topological polar surface area (TPSA) is 29.5 Å². The van der Waals surface area contributed by atoms with Crippen molar-refractivity contribution in [1.82, 2.24) is 0 Å². The average Bonchev–Trinajstić information content (AvgIpc) is 2.52. The number of ether oxygens (including phenoxy) is 1. The third-order valence-electron chi connectivity index (χ3n) is 3.78. The Kier molecular flexibility index (Phi) is 3.86. The van der Waals surface area contributed by atoms with Gasteiger partial charge in [-0.1, -0.05) is 60.7 Å². The lowest BCUT2D eigenvalue weighted by Crippen LogP contribution is -2.16. The van der Waals surface area contributed by atoms with E-state index in [0.717, 1.165) is 27.6 Å². The van der Waals surface area contributed by atoms with Crippen molar-refractivity contribution in [3.8, 4) is 5.75 Å². The van der Waals surface area contributed by atoms with Crippen LogP contribution in [0.5, 0.6) is 5.75 Å². The van der Waals surface area contributed by atoms with Crippen molar-refractivity contribution in [3.63, 3.8) is 0 Å². The van der Waals surface area contributed by atoms with Crippen LogP contribution in [-0.2, 0) is 12.2 Å². The van der Waals surface area contributed by atoms with Crippen LogP contribution in [0.2, 0.25) is 0 Å². The van der Waals surface area contributed by atoms with Crippen LogP contribution in [0.15, 0.2) is 66.7 Å². The number of benzene rings is 3. The molecule has 0 bridgehead atoms. The lowest BCUT2D eigenvalue weighted by Gasteiger charge is -2.21. The first-order valence-corrected chi connectivity index (χ1v) is 7.47. The van der Waals surface area contributed by atoms with Gasteiger partial charge >= 0.3 is 0 Å². The minimum atomic E-state index is -0.877. The highest BCUT2D eigenvalue weighted by Gasteiger charge is 2.20. The van der Waals surface area contributed by atoms with Crippen LogP contribution in [0, 0.1) is 0 Å². The second-order valence-electron chi connectivity index (χ2n) is 5.99. The molecule has 0 aliphatic rings. The van der Waals surface area contributed by atoms with Gasteiger partial charge in [0.15, 0.2) is 0 Å². The van der Waals surface area contributed by atoms with Gasteiger partial charge in [-0.2, -0.15) is 0 Å². The molecule has 0 amide bonds. The third kappa shape index (κ3) is 2.97. The van der Waals surface area contributed by atoms with Crippen molar-refractivity contribution in [2.45, 2.75) is 26.1 Å². The van der Waals surface area contributed by atoms with Crippen LogP contribution in [0.25, 0.3) is 10.8 Å². The lowest BCUT2D eigenvalue weighted by molar-refractivity contribution is 0.0801. The zero-order chi connectivity index (χ0) is 15.6. The summed E-state index contributed by atoms with van der Waals surface area (Å²) in [5.74, 6) is 0.840. The van der Waals surface area contributed by atoms with Crippen molar-refractivity contribution < 1.29 is 9.84 Å². The Bertz CT molecular complexity index is 771. The van der Waals surface area contributed by atoms with Gasteiger partial charge < -0.3 is 9.84 Å². The number of hydrogen-bond donors (Lipinski definition) is 1. The van der Waals surface area contributed by atoms with E-state index in [-0.39, 0.29) is 0 Å². The Morgan fingerprint density at radius 2 is 1.45 bits per heavy atom. The summed E-state index contributed by atoms with van der Waals surface area (Å²) in [6.45, 7) is 4.14. The average molecular weight is 292 g/mol. The second kappa shape index (κ2) is 5.82. The molecule has 0 heterocycles. The SMILES string of the molecule is CC(C)(O)c1ccc(OCc2ccccc2)c2ccccc12. The van der Waals surface area contributed by atoms with E-state index in [4.69, 9.17) is 4.74 Å². The van der Waals surface area contributed by atoms with Crippen molar-refractivity contribution in [2.75, 3.05) is 0 Å². The number of aliphatic hydroxyl groups is 1. The Morgan fingerprint density at radius 1 is 0.818 bits per heavy atom. The predicted octanol–water partition coefficient (Wildman–Crippen LogP) is 4.65. The zero-order valence-corrected chi connectivity index (χ0v) is 12.9. The molecule has 0 spiro atoms. The van der Waals surface area contributed by atoms with Crippen molar-refractivity contribution >= 4 is 10.8 Å². The zero-order valence-electron chi connectivity index (χ0n) is 12.9. The van der Waals surface area contributed by atoms with Crippen LogP contribution < -0.4 is 4.74 Å². The van der Waals surface area contributed by atoms with Gasteiger partial charge in [-0.3, -0.25) is 0 Å². The molecule has 0 aromatic heterocycles. The monoisotopic (exact) mass is 292 g/mol. The summed E-state index contributed by atoms with van der Waals surface area (Å²) in [7, 11) is 0. The molecule has 2 heteroatoms. The van der Waals surface area contributed by atoms with Crippen LogP contribution >= 0.6 is 0 Å². The highest BCUT2D eigenvalue weighted by atomic mass is 16.5. The lowest BCUT2D eigenvalue weighted by atomic mass is 9.92. The summed E-state index contributed by atoms with van der Waals surface area (Å²) < 4.78 is 5.99. The molecule has 22 heavy (non-hydrogen) atoms. The number of hydrogen-bond acceptors (Lipinski definition) is 2. The third-order valence-corrected chi connectivity index (χ3v) is 3.78. The molecule has 2 nitrogen and oxygen atoms in total. The van der Waals surface area contributed by atoms with E-state index in [1.165, 1.54) is 0 Å². The van der Waals surface area contributed by atoms with E-state index in [2.05, 4.69) is 0 Å². The molecule has 1 N–H and O–H groups in total. The van der Waals surface area contributed by atoms with Gasteiger partial charge in [-0.25, -0.2) is 0 Å². The van der Waals surface area contributed by atoms with E-state index >= 15 is 0 Å². The fourth-order valence-corrected chi connectivity index (χ4v) is 2.67. The van der Waals surface area contributed by atoms with Gasteiger partial charge in [0.2, 0.25) is 0 Å². The summed E-state index contributed by atoms with van der Waals surface area (Å²) in [6, 6.07) is 22.0. The van der Waals surface area contributed by atoms with Crippen molar-refractivity contribution in [3.05, 3.63) is 77.9 Å². The van der Waals surface area contributed by atoms with E-state index in [0.29, 0.717) is 6.61 Å². The predicted molar refractivity (Wildman–Crippen MR) is 90.0 cm³/mol. The highest BCUT2D eigenvalue weighted by Crippen LogP contribution is 2.34. The summed E-state index contributed by atoms with van der Waals surface area (Å²) in [4.78, 5) is 0. The molecule has 0 saturated carbocycles. The quantitative estimate of drug-likeness (QED) is 0.758. The van der Waals surface area contributed by atoms with Crippen LogP contribution in [-0.4, -0.2) is 5.11 Å². The van der Waals surface area contributed by atoms with Crippen LogP contribution in [0.1, 0.15) is 25.0 Å². The Labute approximate surface area is 131 Å². The van der Waals surface area contributed by atoms with E-state index in [1.54, 1.807) is 13.8 Å². The first-order valence-electron chi connectivity index (χ1n) is 7.47. The molecular weight excluding hydrogens is 272 g/mol. The van der Waals surface area contributed by atoms with Gasteiger partial charge in [-0.05, 0) is 36.4 Å². The molecular formula is C20H20O2. The van der Waals surface area contributed by atoms with E-state index < -0.39 is 5.60 Å². The normalized spacial score (nSPS) is 11.6. The number of rotatable bonds is 4. The molecule has 0 aliphatic carbocycles. The summed E-state index contributed by atoms with van der Waals surface area (Å²) in [5, 5.41) is 12.4. The fourth-order valence-electron chi connectivity index (χ4n) is 2.67. The van der Waals surface area contributed by atoms with Gasteiger partial charge in [0.25, 0.3) is 0 Å². The van der Waals surface area contributed by atoms with E-state index in [9.17, 15) is 5.11 Å². The minimum absolute atomic E-state index is 0.534. The molecule has 0 aliphatic heterocycles. The number of fused-ring (bicyclic) bond motifs is 1. The molecule has 3 aromatic carbocycles. The molecule has 0 radical (unpaired) electrons. The summed E-state index contributed by atoms with van der Waals surface area (Å²) >= 11 is 0. The Balaban J connectivity index is 1.98. The molecule has 0 atom stereocenters. The standard InChI is InChI=1S/C20H20O2/c1-20(2,21)18-12-13-19(17-11-7-6-10-16(17)18)22-14-15-8-4-3-5-9-15/h3-13,21H,14H2,1-2H3. The van der Waals surface area contributed by atoms with Crippen molar-refractivity contribution in [2.24, 2.45) is 0 Å². The first-order chi connectivity index (χ1) is 10.6. The molecule has 0 saturated heterocycles. The fraction of sp³-hybridized carbons (Fsp3) is 0.200. The maximum Gasteiger partial charge on any atom is 0.127 e.